The van der Waals surface area contributed by atoms with Gasteiger partial charge in [-0.3, -0.25) is 0 Å². The molecule has 0 aromatic heterocycles. The van der Waals surface area contributed by atoms with E-state index in [2.05, 4.69) is 56.4 Å². The van der Waals surface area contributed by atoms with Crippen LogP contribution in [0, 0.1) is 11.3 Å². The fourth-order valence-electron chi connectivity index (χ4n) is 3.42. The highest BCUT2D eigenvalue weighted by molar-refractivity contribution is 5.23. The molecule has 0 bridgehead atoms. The lowest BCUT2D eigenvalue weighted by Crippen LogP contribution is -2.42. The molecule has 0 amide bonds. The van der Waals surface area contributed by atoms with Crippen LogP contribution >= 0.6 is 0 Å². The maximum absolute atomic E-state index is 3.56. The highest BCUT2D eigenvalue weighted by Gasteiger charge is 2.37. The maximum atomic E-state index is 3.56. The van der Waals surface area contributed by atoms with Gasteiger partial charge in [0.25, 0.3) is 0 Å². The Hall–Kier alpha value is -0.820. The molecule has 0 spiro atoms. The van der Waals surface area contributed by atoms with Crippen molar-refractivity contribution in [1.82, 2.24) is 5.32 Å². The molecule has 1 aliphatic rings. The Bertz CT molecular complexity index is 344. The van der Waals surface area contributed by atoms with E-state index in [4.69, 9.17) is 0 Å². The molecule has 1 heterocycles. The smallest absolute Gasteiger partial charge is 0.00254 e. The van der Waals surface area contributed by atoms with Crippen LogP contribution < -0.4 is 5.32 Å². The van der Waals surface area contributed by atoms with Crippen LogP contribution in [0.3, 0.4) is 0 Å². The number of rotatable bonds is 3. The van der Waals surface area contributed by atoms with E-state index >= 15 is 0 Å². The largest absolute Gasteiger partial charge is 0.316 e. The zero-order valence-electron chi connectivity index (χ0n) is 11.4. The SMILES string of the molecule is CC(C)CC1(C)CCNCC1c1ccccc1. The van der Waals surface area contributed by atoms with Gasteiger partial charge in [0, 0.05) is 12.5 Å². The first-order valence-electron chi connectivity index (χ1n) is 6.87. The predicted octanol–water partition coefficient (Wildman–Crippen LogP) is 3.82. The molecule has 17 heavy (non-hydrogen) atoms. The first-order chi connectivity index (χ1) is 8.12. The molecule has 94 valence electrons. The normalized spacial score (nSPS) is 29.5. The van der Waals surface area contributed by atoms with E-state index in [1.165, 1.54) is 24.9 Å². The van der Waals surface area contributed by atoms with Gasteiger partial charge in [-0.1, -0.05) is 51.1 Å². The second kappa shape index (κ2) is 5.22. The summed E-state index contributed by atoms with van der Waals surface area (Å²) in [6, 6.07) is 11.0. The van der Waals surface area contributed by atoms with E-state index in [0.29, 0.717) is 11.3 Å². The van der Waals surface area contributed by atoms with Gasteiger partial charge in [0.2, 0.25) is 0 Å². The quantitative estimate of drug-likeness (QED) is 0.834. The van der Waals surface area contributed by atoms with E-state index < -0.39 is 0 Å². The molecule has 1 N–H and O–H groups in total. The van der Waals surface area contributed by atoms with Crippen molar-refractivity contribution in [3.63, 3.8) is 0 Å². The van der Waals surface area contributed by atoms with Gasteiger partial charge >= 0.3 is 0 Å². The zero-order valence-corrected chi connectivity index (χ0v) is 11.4. The monoisotopic (exact) mass is 231 g/mol. The molecule has 1 aliphatic heterocycles. The van der Waals surface area contributed by atoms with Crippen molar-refractivity contribution in [2.45, 2.75) is 39.5 Å². The van der Waals surface area contributed by atoms with Crippen LogP contribution in [0.5, 0.6) is 0 Å². The number of hydrogen-bond donors (Lipinski definition) is 1. The molecule has 0 saturated carbocycles. The van der Waals surface area contributed by atoms with Gasteiger partial charge < -0.3 is 5.32 Å². The van der Waals surface area contributed by atoms with Gasteiger partial charge in [0.1, 0.15) is 0 Å². The lowest BCUT2D eigenvalue weighted by atomic mass is 9.65. The Balaban J connectivity index is 2.23. The lowest BCUT2D eigenvalue weighted by molar-refractivity contribution is 0.151. The van der Waals surface area contributed by atoms with Crippen LogP contribution in [0.4, 0.5) is 0 Å². The second-order valence-corrected chi connectivity index (χ2v) is 6.17. The van der Waals surface area contributed by atoms with Crippen molar-refractivity contribution in [3.8, 4) is 0 Å². The van der Waals surface area contributed by atoms with Gasteiger partial charge in [0.15, 0.2) is 0 Å². The molecule has 1 fully saturated rings. The lowest BCUT2D eigenvalue weighted by Gasteiger charge is -2.43. The topological polar surface area (TPSA) is 12.0 Å². The summed E-state index contributed by atoms with van der Waals surface area (Å²) in [6.45, 7) is 9.47. The van der Waals surface area contributed by atoms with E-state index in [0.717, 1.165) is 12.5 Å². The number of nitrogens with one attached hydrogen (secondary N) is 1. The molecule has 2 atom stereocenters. The fraction of sp³-hybridized carbons (Fsp3) is 0.625. The number of piperidine rings is 1. The van der Waals surface area contributed by atoms with E-state index in [1.807, 2.05) is 0 Å². The summed E-state index contributed by atoms with van der Waals surface area (Å²) >= 11 is 0. The van der Waals surface area contributed by atoms with Gasteiger partial charge in [-0.25, -0.2) is 0 Å². The van der Waals surface area contributed by atoms with Gasteiger partial charge in [-0.2, -0.15) is 0 Å². The number of hydrogen-bond acceptors (Lipinski definition) is 1. The minimum Gasteiger partial charge on any atom is -0.316 e. The second-order valence-electron chi connectivity index (χ2n) is 6.17. The van der Waals surface area contributed by atoms with Crippen molar-refractivity contribution in [3.05, 3.63) is 35.9 Å². The first-order valence-corrected chi connectivity index (χ1v) is 6.87. The third-order valence-corrected chi connectivity index (χ3v) is 4.14. The van der Waals surface area contributed by atoms with E-state index in [9.17, 15) is 0 Å². The molecule has 1 heteroatoms. The molecule has 1 aromatic rings. The molecule has 1 aromatic carbocycles. The van der Waals surface area contributed by atoms with Crippen molar-refractivity contribution in [2.24, 2.45) is 11.3 Å². The Morgan fingerprint density at radius 2 is 2.00 bits per heavy atom. The summed E-state index contributed by atoms with van der Waals surface area (Å²) in [6.07, 6.45) is 2.62. The Labute approximate surface area is 106 Å². The Morgan fingerprint density at radius 1 is 1.29 bits per heavy atom. The Kier molecular flexibility index (Phi) is 3.88. The number of benzene rings is 1. The molecule has 0 aliphatic carbocycles. The maximum Gasteiger partial charge on any atom is 0.00254 e. The average Bonchev–Trinajstić information content (AvgIpc) is 2.29. The minimum atomic E-state index is 0.459. The molecule has 0 radical (unpaired) electrons. The molecule has 2 unspecified atom stereocenters. The standard InChI is InChI=1S/C16H25N/c1-13(2)11-16(3)9-10-17-12-15(16)14-7-5-4-6-8-14/h4-8,13,15,17H,9-12H2,1-3H3. The van der Waals surface area contributed by atoms with Gasteiger partial charge in [-0.15, -0.1) is 0 Å². The first kappa shape index (κ1) is 12.6. The third kappa shape index (κ3) is 2.90. The molecule has 1 saturated heterocycles. The van der Waals surface area contributed by atoms with Gasteiger partial charge in [0.05, 0.1) is 0 Å². The molecular formula is C16H25N. The summed E-state index contributed by atoms with van der Waals surface area (Å²) < 4.78 is 0. The van der Waals surface area contributed by atoms with Crippen molar-refractivity contribution in [1.29, 1.82) is 0 Å². The highest BCUT2D eigenvalue weighted by atomic mass is 14.9. The van der Waals surface area contributed by atoms with Crippen LogP contribution in [0.15, 0.2) is 30.3 Å². The predicted molar refractivity (Wildman–Crippen MR) is 74.2 cm³/mol. The van der Waals surface area contributed by atoms with Crippen molar-refractivity contribution < 1.29 is 0 Å². The van der Waals surface area contributed by atoms with Crippen LogP contribution in [0.2, 0.25) is 0 Å². The third-order valence-electron chi connectivity index (χ3n) is 4.14. The van der Waals surface area contributed by atoms with E-state index in [1.54, 1.807) is 0 Å². The van der Waals surface area contributed by atoms with Crippen molar-refractivity contribution >= 4 is 0 Å². The Morgan fingerprint density at radius 3 is 2.65 bits per heavy atom. The average molecular weight is 231 g/mol. The van der Waals surface area contributed by atoms with Gasteiger partial charge in [-0.05, 0) is 36.3 Å². The fourth-order valence-corrected chi connectivity index (χ4v) is 3.42. The summed E-state index contributed by atoms with van der Waals surface area (Å²) in [4.78, 5) is 0. The van der Waals surface area contributed by atoms with Crippen LogP contribution in [0.1, 0.15) is 45.1 Å². The molecule has 1 nitrogen and oxygen atoms in total. The van der Waals surface area contributed by atoms with Crippen molar-refractivity contribution in [2.75, 3.05) is 13.1 Å². The van der Waals surface area contributed by atoms with Crippen LogP contribution in [0.25, 0.3) is 0 Å². The molecule has 2 rings (SSSR count). The highest BCUT2D eigenvalue weighted by Crippen LogP contribution is 2.44. The summed E-state index contributed by atoms with van der Waals surface area (Å²) in [5, 5.41) is 3.56. The summed E-state index contributed by atoms with van der Waals surface area (Å²) in [5.41, 5.74) is 1.96. The molecular weight excluding hydrogens is 206 g/mol. The van der Waals surface area contributed by atoms with E-state index in [-0.39, 0.29) is 0 Å². The van der Waals surface area contributed by atoms with Crippen LogP contribution in [-0.2, 0) is 0 Å². The summed E-state index contributed by atoms with van der Waals surface area (Å²) in [7, 11) is 0. The van der Waals surface area contributed by atoms with Crippen LogP contribution in [-0.4, -0.2) is 13.1 Å². The summed E-state index contributed by atoms with van der Waals surface area (Å²) in [5.74, 6) is 1.45. The zero-order chi connectivity index (χ0) is 12.3. The minimum absolute atomic E-state index is 0.459.